The summed E-state index contributed by atoms with van der Waals surface area (Å²) in [7, 11) is 0. The summed E-state index contributed by atoms with van der Waals surface area (Å²) < 4.78 is 12.1. The van der Waals surface area contributed by atoms with Gasteiger partial charge in [-0.15, -0.1) is 10.2 Å². The van der Waals surface area contributed by atoms with Gasteiger partial charge in [0.1, 0.15) is 19.8 Å². The number of rotatable bonds is 4. The number of nitrogens with zero attached hydrogens (tertiary/aromatic N) is 5. The van der Waals surface area contributed by atoms with Crippen molar-refractivity contribution < 1.29 is 14.3 Å². The van der Waals surface area contributed by atoms with Crippen molar-refractivity contribution in [1.29, 1.82) is 0 Å². The van der Waals surface area contributed by atoms with Gasteiger partial charge in [-0.05, 0) is 5.21 Å². The summed E-state index contributed by atoms with van der Waals surface area (Å²) in [6.07, 6.45) is 0. The average molecular weight is 394 g/mol. The average Bonchev–Trinajstić information content (AvgIpc) is 3.32. The second-order valence-corrected chi connectivity index (χ2v) is 7.07. The molecule has 9 nitrogen and oxygen atoms in total. The van der Waals surface area contributed by atoms with Gasteiger partial charge in [-0.2, -0.15) is 4.80 Å². The van der Waals surface area contributed by atoms with E-state index in [4.69, 9.17) is 9.47 Å². The Morgan fingerprint density at radius 2 is 1.93 bits per heavy atom. The van der Waals surface area contributed by atoms with Gasteiger partial charge in [-0.3, -0.25) is 4.79 Å². The maximum atomic E-state index is 12.3. The lowest BCUT2D eigenvalue weighted by atomic mass is 10.2. The Hall–Kier alpha value is -3.53. The molecule has 4 aromatic rings. The van der Waals surface area contributed by atoms with Crippen molar-refractivity contribution in [3.8, 4) is 22.9 Å². The largest absolute Gasteiger partial charge is 0.486 e. The molecule has 0 saturated carbocycles. The van der Waals surface area contributed by atoms with Gasteiger partial charge in [-0.1, -0.05) is 41.7 Å². The monoisotopic (exact) mass is 394 g/mol. The third kappa shape index (κ3) is 3.25. The van der Waals surface area contributed by atoms with Crippen molar-refractivity contribution in [2.75, 3.05) is 18.5 Å². The molecular formula is C18H14N6O3S. The highest BCUT2D eigenvalue weighted by atomic mass is 32.1. The molecule has 1 N–H and O–H groups in total. The molecule has 0 fully saturated rings. The molecule has 28 heavy (non-hydrogen) atoms. The SMILES string of the molecule is O=C(Cn1nnc(-c2ccccc2)n1)Nc1nc2cc3c(cc2s1)OCCO3. The smallest absolute Gasteiger partial charge is 0.249 e. The van der Waals surface area contributed by atoms with Crippen LogP contribution in [0.25, 0.3) is 21.6 Å². The van der Waals surface area contributed by atoms with E-state index in [9.17, 15) is 4.79 Å². The van der Waals surface area contributed by atoms with Crippen LogP contribution in [0.1, 0.15) is 0 Å². The lowest BCUT2D eigenvalue weighted by molar-refractivity contribution is -0.117. The third-order valence-electron chi connectivity index (χ3n) is 4.07. The quantitative estimate of drug-likeness (QED) is 0.567. The number of hydrogen-bond acceptors (Lipinski definition) is 8. The summed E-state index contributed by atoms with van der Waals surface area (Å²) in [6.45, 7) is 0.984. The maximum absolute atomic E-state index is 12.3. The lowest BCUT2D eigenvalue weighted by Gasteiger charge is -2.17. The van der Waals surface area contributed by atoms with Crippen molar-refractivity contribution in [2.45, 2.75) is 6.54 Å². The number of amides is 1. The topological polar surface area (TPSA) is 104 Å². The number of fused-ring (bicyclic) bond motifs is 2. The fourth-order valence-electron chi connectivity index (χ4n) is 2.82. The van der Waals surface area contributed by atoms with Crippen molar-refractivity contribution in [3.05, 3.63) is 42.5 Å². The molecule has 0 aliphatic carbocycles. The number of aromatic nitrogens is 5. The minimum atomic E-state index is -0.284. The summed E-state index contributed by atoms with van der Waals surface area (Å²) >= 11 is 1.37. The van der Waals surface area contributed by atoms with Crippen LogP contribution in [0.3, 0.4) is 0 Å². The number of carbonyl (C=O) groups excluding carboxylic acids is 1. The fraction of sp³-hybridized carbons (Fsp3) is 0.167. The molecule has 1 aliphatic rings. The van der Waals surface area contributed by atoms with Gasteiger partial charge in [-0.25, -0.2) is 4.98 Å². The third-order valence-corrected chi connectivity index (χ3v) is 5.00. The molecule has 0 spiro atoms. The zero-order valence-electron chi connectivity index (χ0n) is 14.5. The highest BCUT2D eigenvalue weighted by Crippen LogP contribution is 2.37. The molecule has 10 heteroatoms. The Balaban J connectivity index is 1.30. The zero-order chi connectivity index (χ0) is 18.9. The van der Waals surface area contributed by atoms with Crippen LogP contribution in [0, 0.1) is 0 Å². The summed E-state index contributed by atoms with van der Waals surface area (Å²) in [5.41, 5.74) is 1.59. The van der Waals surface area contributed by atoms with E-state index in [1.165, 1.54) is 16.1 Å². The Labute approximate surface area is 162 Å². The van der Waals surface area contributed by atoms with Crippen molar-refractivity contribution >= 4 is 32.6 Å². The van der Waals surface area contributed by atoms with Gasteiger partial charge >= 0.3 is 0 Å². The Morgan fingerprint density at radius 1 is 1.14 bits per heavy atom. The predicted octanol–water partition coefficient (Wildman–Crippen LogP) is 2.36. The molecule has 1 aliphatic heterocycles. The van der Waals surface area contributed by atoms with Crippen LogP contribution in [0.5, 0.6) is 11.5 Å². The Morgan fingerprint density at radius 3 is 2.75 bits per heavy atom. The fourth-order valence-corrected chi connectivity index (χ4v) is 3.71. The van der Waals surface area contributed by atoms with Gasteiger partial charge in [0.15, 0.2) is 16.6 Å². The van der Waals surface area contributed by atoms with E-state index in [1.54, 1.807) is 0 Å². The van der Waals surface area contributed by atoms with Crippen molar-refractivity contribution in [1.82, 2.24) is 25.2 Å². The summed E-state index contributed by atoms with van der Waals surface area (Å²) in [4.78, 5) is 18.0. The van der Waals surface area contributed by atoms with Crippen LogP contribution in [-0.2, 0) is 11.3 Å². The molecule has 0 atom stereocenters. The van der Waals surface area contributed by atoms with Gasteiger partial charge in [0.2, 0.25) is 11.7 Å². The molecule has 0 radical (unpaired) electrons. The van der Waals surface area contributed by atoms with Crippen molar-refractivity contribution in [2.24, 2.45) is 0 Å². The van der Waals surface area contributed by atoms with Gasteiger partial charge in [0.05, 0.1) is 10.2 Å². The number of hydrogen-bond donors (Lipinski definition) is 1. The highest BCUT2D eigenvalue weighted by molar-refractivity contribution is 7.22. The molecule has 5 rings (SSSR count). The number of tetrazole rings is 1. The molecule has 0 saturated heterocycles. The molecule has 140 valence electrons. The first-order valence-electron chi connectivity index (χ1n) is 8.58. The van der Waals surface area contributed by atoms with Crippen LogP contribution in [-0.4, -0.2) is 44.3 Å². The molecule has 2 aromatic carbocycles. The number of benzene rings is 2. The van der Waals surface area contributed by atoms with E-state index >= 15 is 0 Å². The minimum absolute atomic E-state index is 0.0571. The minimum Gasteiger partial charge on any atom is -0.486 e. The molecule has 0 bridgehead atoms. The Kier molecular flexibility index (Phi) is 4.09. The van der Waals surface area contributed by atoms with Crippen LogP contribution >= 0.6 is 11.3 Å². The van der Waals surface area contributed by atoms with E-state index in [-0.39, 0.29) is 12.5 Å². The second-order valence-electron chi connectivity index (χ2n) is 6.04. The van der Waals surface area contributed by atoms with Crippen LogP contribution in [0.15, 0.2) is 42.5 Å². The number of thiazole rings is 1. The summed E-state index contributed by atoms with van der Waals surface area (Å²) in [6, 6.07) is 13.2. The van der Waals surface area contributed by atoms with E-state index in [1.807, 2.05) is 42.5 Å². The summed E-state index contributed by atoms with van der Waals surface area (Å²) in [5.74, 6) is 1.55. The normalized spacial score (nSPS) is 12.9. The standard InChI is InChI=1S/C18H14N6O3S/c25-16(10-24-22-17(21-23-24)11-4-2-1-3-5-11)20-18-19-12-8-13-14(9-15(12)28-18)27-7-6-26-13/h1-5,8-9H,6-7,10H2,(H,19,20,25). The number of nitrogens with one attached hydrogen (secondary N) is 1. The number of anilines is 1. The highest BCUT2D eigenvalue weighted by Gasteiger charge is 2.16. The number of carbonyl (C=O) groups is 1. The van der Waals surface area contributed by atoms with E-state index < -0.39 is 0 Å². The van der Waals surface area contributed by atoms with Crippen LogP contribution in [0.4, 0.5) is 5.13 Å². The molecular weight excluding hydrogens is 380 g/mol. The van der Waals surface area contributed by atoms with Crippen molar-refractivity contribution in [3.63, 3.8) is 0 Å². The molecule has 2 aromatic heterocycles. The van der Waals surface area contributed by atoms with Crippen LogP contribution < -0.4 is 14.8 Å². The van der Waals surface area contributed by atoms with E-state index in [0.717, 1.165) is 15.8 Å². The van der Waals surface area contributed by atoms with Crippen LogP contribution in [0.2, 0.25) is 0 Å². The predicted molar refractivity (Wildman–Crippen MR) is 102 cm³/mol. The molecule has 0 unspecified atom stereocenters. The Bertz CT molecular complexity index is 1110. The van der Waals surface area contributed by atoms with Gasteiger partial charge in [0.25, 0.3) is 0 Å². The lowest BCUT2D eigenvalue weighted by Crippen LogP contribution is -2.20. The first-order valence-corrected chi connectivity index (χ1v) is 9.39. The summed E-state index contributed by atoms with van der Waals surface area (Å²) in [5, 5.41) is 15.4. The zero-order valence-corrected chi connectivity index (χ0v) is 15.3. The van der Waals surface area contributed by atoms with Gasteiger partial charge < -0.3 is 14.8 Å². The first kappa shape index (κ1) is 16.6. The molecule has 1 amide bonds. The van der Waals surface area contributed by atoms with Gasteiger partial charge in [0, 0.05) is 17.7 Å². The second kappa shape index (κ2) is 6.89. The maximum Gasteiger partial charge on any atom is 0.249 e. The van der Waals surface area contributed by atoms with E-state index in [2.05, 4.69) is 25.7 Å². The van der Waals surface area contributed by atoms with E-state index in [0.29, 0.717) is 35.7 Å². The first-order chi connectivity index (χ1) is 13.7. The number of ether oxygens (including phenoxy) is 2. The molecule has 3 heterocycles.